The van der Waals surface area contributed by atoms with Crippen molar-refractivity contribution in [3.05, 3.63) is 24.3 Å². The lowest BCUT2D eigenvalue weighted by atomic mass is 10.2. The minimum absolute atomic E-state index is 0.304. The molecule has 1 N–H and O–H groups in total. The van der Waals surface area contributed by atoms with E-state index in [0.29, 0.717) is 12.4 Å². The first-order chi connectivity index (χ1) is 9.22. The molecule has 4 nitrogen and oxygen atoms in total. The van der Waals surface area contributed by atoms with Crippen molar-refractivity contribution in [1.82, 2.24) is 4.90 Å². The molecular formula is C14H21ClN2O2. The van der Waals surface area contributed by atoms with Crippen LogP contribution in [0.1, 0.15) is 0 Å². The Bertz CT molecular complexity index is 378. The van der Waals surface area contributed by atoms with Crippen molar-refractivity contribution in [3.63, 3.8) is 0 Å². The first kappa shape index (κ1) is 14.4. The third-order valence-corrected chi connectivity index (χ3v) is 3.81. The maximum atomic E-state index is 9.55. The average Bonchev–Trinajstić information content (AvgIpc) is 2.48. The van der Waals surface area contributed by atoms with Crippen LogP contribution in [0.4, 0.5) is 5.69 Å². The molecule has 1 atom stereocenters. The number of ether oxygens (including phenoxy) is 1. The van der Waals surface area contributed by atoms with Crippen molar-refractivity contribution >= 4 is 17.3 Å². The summed E-state index contributed by atoms with van der Waals surface area (Å²) in [6.07, 6.45) is -0.422. The summed E-state index contributed by atoms with van der Waals surface area (Å²) in [6, 6.07) is 8.14. The van der Waals surface area contributed by atoms with Gasteiger partial charge in [0.2, 0.25) is 0 Å². The van der Waals surface area contributed by atoms with Gasteiger partial charge in [-0.1, -0.05) is 0 Å². The number of rotatable bonds is 5. The molecule has 5 heteroatoms. The van der Waals surface area contributed by atoms with Crippen molar-refractivity contribution in [2.45, 2.75) is 6.10 Å². The summed E-state index contributed by atoms with van der Waals surface area (Å²) >= 11 is 5.63. The molecule has 1 aliphatic rings. The molecule has 1 fully saturated rings. The van der Waals surface area contributed by atoms with Crippen molar-refractivity contribution in [3.8, 4) is 5.75 Å². The van der Waals surface area contributed by atoms with Gasteiger partial charge in [0.05, 0.1) is 13.2 Å². The highest BCUT2D eigenvalue weighted by atomic mass is 35.5. The molecule has 0 amide bonds. The number of anilines is 1. The van der Waals surface area contributed by atoms with Gasteiger partial charge < -0.3 is 14.7 Å². The highest BCUT2D eigenvalue weighted by Crippen LogP contribution is 2.20. The summed E-state index contributed by atoms with van der Waals surface area (Å²) in [5.74, 6) is 1.19. The first-order valence-electron chi connectivity index (χ1n) is 6.58. The van der Waals surface area contributed by atoms with E-state index in [1.807, 2.05) is 12.1 Å². The molecule has 2 rings (SSSR count). The normalized spacial score (nSPS) is 18.4. The van der Waals surface area contributed by atoms with Crippen LogP contribution in [0.2, 0.25) is 0 Å². The summed E-state index contributed by atoms with van der Waals surface area (Å²) in [5, 5.41) is 9.55. The fourth-order valence-electron chi connectivity index (χ4n) is 2.33. The number of methoxy groups -OCH3 is 1. The number of benzene rings is 1. The average molecular weight is 285 g/mol. The predicted molar refractivity (Wildman–Crippen MR) is 78.4 cm³/mol. The summed E-state index contributed by atoms with van der Waals surface area (Å²) in [7, 11) is 1.68. The van der Waals surface area contributed by atoms with Gasteiger partial charge in [-0.3, -0.25) is 4.90 Å². The Balaban J connectivity index is 1.85. The molecule has 0 bridgehead atoms. The van der Waals surface area contributed by atoms with Gasteiger partial charge in [0.25, 0.3) is 0 Å². The van der Waals surface area contributed by atoms with Gasteiger partial charge in [-0.05, 0) is 24.3 Å². The molecule has 0 aromatic heterocycles. The van der Waals surface area contributed by atoms with Gasteiger partial charge in [-0.25, -0.2) is 0 Å². The summed E-state index contributed by atoms with van der Waals surface area (Å²) in [4.78, 5) is 4.61. The second kappa shape index (κ2) is 6.98. The highest BCUT2D eigenvalue weighted by molar-refractivity contribution is 6.18. The zero-order valence-electron chi connectivity index (χ0n) is 11.3. The molecule has 0 saturated carbocycles. The Kier molecular flexibility index (Phi) is 5.31. The van der Waals surface area contributed by atoms with E-state index >= 15 is 0 Å². The summed E-state index contributed by atoms with van der Waals surface area (Å²) in [5.41, 5.74) is 1.22. The molecule has 1 saturated heterocycles. The number of piperazine rings is 1. The monoisotopic (exact) mass is 284 g/mol. The van der Waals surface area contributed by atoms with Crippen LogP contribution in [-0.2, 0) is 0 Å². The van der Waals surface area contributed by atoms with Gasteiger partial charge in [-0.15, -0.1) is 11.6 Å². The summed E-state index contributed by atoms with van der Waals surface area (Å²) < 4.78 is 5.16. The third-order valence-electron chi connectivity index (χ3n) is 3.46. The van der Waals surface area contributed by atoms with Crippen LogP contribution in [0.25, 0.3) is 0 Å². The Morgan fingerprint density at radius 3 is 2.37 bits per heavy atom. The zero-order chi connectivity index (χ0) is 13.7. The number of β-amino-alcohol motifs (C(OH)–C–C–N with tert-alkyl or cyclic N) is 1. The van der Waals surface area contributed by atoms with Crippen LogP contribution >= 0.6 is 11.6 Å². The Morgan fingerprint density at radius 2 is 1.84 bits per heavy atom. The van der Waals surface area contributed by atoms with E-state index in [0.717, 1.165) is 31.9 Å². The SMILES string of the molecule is COc1ccc(N2CCN(C[C@@H](O)CCl)CC2)cc1. The fraction of sp³-hybridized carbons (Fsp3) is 0.571. The van der Waals surface area contributed by atoms with Gasteiger partial charge in [0.15, 0.2) is 0 Å². The van der Waals surface area contributed by atoms with Gasteiger partial charge >= 0.3 is 0 Å². The molecule has 1 aliphatic heterocycles. The van der Waals surface area contributed by atoms with Crippen LogP contribution < -0.4 is 9.64 Å². The van der Waals surface area contributed by atoms with Gasteiger partial charge in [-0.2, -0.15) is 0 Å². The molecule has 1 heterocycles. The standard InChI is InChI=1S/C14H21ClN2O2/c1-19-14-4-2-12(3-5-14)17-8-6-16(7-9-17)11-13(18)10-15/h2-5,13,18H,6-11H2,1H3/t13-/m0/s1. The lowest BCUT2D eigenvalue weighted by molar-refractivity contribution is 0.125. The maximum Gasteiger partial charge on any atom is 0.119 e. The van der Waals surface area contributed by atoms with Crippen molar-refractivity contribution in [1.29, 1.82) is 0 Å². The number of hydrogen-bond acceptors (Lipinski definition) is 4. The van der Waals surface area contributed by atoms with Crippen LogP contribution in [0.3, 0.4) is 0 Å². The maximum absolute atomic E-state index is 9.55. The number of hydrogen-bond donors (Lipinski definition) is 1. The molecule has 1 aromatic carbocycles. The number of nitrogens with zero attached hydrogens (tertiary/aromatic N) is 2. The third kappa shape index (κ3) is 4.00. The molecule has 0 radical (unpaired) electrons. The lowest BCUT2D eigenvalue weighted by Gasteiger charge is -2.36. The molecule has 0 unspecified atom stereocenters. The van der Waals surface area contributed by atoms with Gasteiger partial charge in [0.1, 0.15) is 5.75 Å². The number of halogens is 1. The van der Waals surface area contributed by atoms with Crippen LogP contribution in [0.5, 0.6) is 5.75 Å². The lowest BCUT2D eigenvalue weighted by Crippen LogP contribution is -2.48. The topological polar surface area (TPSA) is 35.9 Å². The second-order valence-corrected chi connectivity index (χ2v) is 5.10. The number of aliphatic hydroxyl groups is 1. The number of aliphatic hydroxyl groups excluding tert-OH is 1. The first-order valence-corrected chi connectivity index (χ1v) is 7.11. The number of alkyl halides is 1. The Hall–Kier alpha value is -0.970. The molecule has 0 aliphatic carbocycles. The van der Waals surface area contributed by atoms with E-state index in [2.05, 4.69) is 21.9 Å². The van der Waals surface area contributed by atoms with E-state index in [1.165, 1.54) is 5.69 Å². The van der Waals surface area contributed by atoms with Gasteiger partial charge in [0, 0.05) is 44.3 Å². The van der Waals surface area contributed by atoms with Crippen molar-refractivity contribution < 1.29 is 9.84 Å². The molecular weight excluding hydrogens is 264 g/mol. The van der Waals surface area contributed by atoms with Crippen LogP contribution in [0, 0.1) is 0 Å². The smallest absolute Gasteiger partial charge is 0.119 e. The molecule has 0 spiro atoms. The fourth-order valence-corrected chi connectivity index (χ4v) is 2.43. The van der Waals surface area contributed by atoms with E-state index in [9.17, 15) is 5.11 Å². The van der Waals surface area contributed by atoms with E-state index in [-0.39, 0.29) is 0 Å². The minimum atomic E-state index is -0.422. The minimum Gasteiger partial charge on any atom is -0.497 e. The highest BCUT2D eigenvalue weighted by Gasteiger charge is 2.19. The van der Waals surface area contributed by atoms with Crippen LogP contribution in [0.15, 0.2) is 24.3 Å². The summed E-state index contributed by atoms with van der Waals surface area (Å²) in [6.45, 7) is 4.53. The predicted octanol–water partition coefficient (Wildman–Crippen LogP) is 1.42. The molecule has 1 aromatic rings. The molecule has 19 heavy (non-hydrogen) atoms. The Labute approximate surface area is 119 Å². The van der Waals surface area contributed by atoms with E-state index < -0.39 is 6.10 Å². The Morgan fingerprint density at radius 1 is 1.21 bits per heavy atom. The van der Waals surface area contributed by atoms with Crippen molar-refractivity contribution in [2.24, 2.45) is 0 Å². The zero-order valence-corrected chi connectivity index (χ0v) is 12.0. The van der Waals surface area contributed by atoms with Crippen molar-refractivity contribution in [2.75, 3.05) is 50.6 Å². The largest absolute Gasteiger partial charge is 0.497 e. The van der Waals surface area contributed by atoms with E-state index in [1.54, 1.807) is 7.11 Å². The quantitative estimate of drug-likeness (QED) is 0.830. The van der Waals surface area contributed by atoms with E-state index in [4.69, 9.17) is 16.3 Å². The second-order valence-electron chi connectivity index (χ2n) is 4.79. The molecule has 106 valence electrons. The van der Waals surface area contributed by atoms with Crippen LogP contribution in [-0.4, -0.2) is 61.8 Å².